The molecule has 0 aliphatic heterocycles. The molecule has 1 aromatic rings. The minimum atomic E-state index is -0.527. The summed E-state index contributed by atoms with van der Waals surface area (Å²) >= 11 is 1.20. The number of nitrogens with two attached hydrogens (primary N) is 2. The Balaban J connectivity index is 2.62. The van der Waals surface area contributed by atoms with Crippen LogP contribution in [0.5, 0.6) is 0 Å². The number of amides is 2. The van der Waals surface area contributed by atoms with Gasteiger partial charge in [0.1, 0.15) is 0 Å². The molecule has 0 aromatic carbocycles. The maximum absolute atomic E-state index is 11.9. The summed E-state index contributed by atoms with van der Waals surface area (Å²) in [5.41, 5.74) is 11.2. The molecule has 100 valence electrons. The first-order valence-electron chi connectivity index (χ1n) is 5.87. The molecule has 1 heterocycles. The first-order chi connectivity index (χ1) is 8.41. The summed E-state index contributed by atoms with van der Waals surface area (Å²) in [4.78, 5) is 23.2. The molecule has 0 radical (unpaired) electrons. The Hall–Kier alpha value is -1.40. The van der Waals surface area contributed by atoms with Crippen molar-refractivity contribution < 1.29 is 9.59 Å². The Kier molecular flexibility index (Phi) is 4.86. The number of primary amides is 1. The monoisotopic (exact) mass is 269 g/mol. The number of thiophene rings is 1. The molecule has 5 nitrogen and oxygen atoms in total. The highest BCUT2D eigenvalue weighted by atomic mass is 32.1. The number of carbonyl (C=O) groups excluding carboxylic acids is 2. The molecule has 2 amide bonds. The molecule has 5 N–H and O–H groups in total. The molecule has 0 saturated heterocycles. The Bertz CT molecular complexity index is 438. The molecule has 0 aliphatic rings. The van der Waals surface area contributed by atoms with Gasteiger partial charge in [0.05, 0.1) is 10.4 Å². The van der Waals surface area contributed by atoms with Crippen molar-refractivity contribution in [3.05, 3.63) is 21.9 Å². The third-order valence-electron chi connectivity index (χ3n) is 3.12. The largest absolute Gasteiger partial charge is 0.366 e. The second-order valence-electron chi connectivity index (χ2n) is 4.32. The first kappa shape index (κ1) is 14.7. The second kappa shape index (κ2) is 5.97. The number of rotatable bonds is 6. The maximum Gasteiger partial charge on any atom is 0.261 e. The van der Waals surface area contributed by atoms with Crippen LogP contribution in [0.3, 0.4) is 0 Å². The molecule has 0 bridgehead atoms. The summed E-state index contributed by atoms with van der Waals surface area (Å²) < 4.78 is 0. The van der Waals surface area contributed by atoms with Crippen LogP contribution in [0.4, 0.5) is 0 Å². The molecule has 0 saturated carbocycles. The fourth-order valence-corrected chi connectivity index (χ4v) is 2.24. The topological polar surface area (TPSA) is 98.2 Å². The molecule has 0 spiro atoms. The molecule has 6 heteroatoms. The van der Waals surface area contributed by atoms with Crippen molar-refractivity contribution in [3.8, 4) is 0 Å². The molecular formula is C12H19N3O2S. The minimum Gasteiger partial charge on any atom is -0.366 e. The summed E-state index contributed by atoms with van der Waals surface area (Å²) in [5.74, 6) is -0.746. The first-order valence-corrected chi connectivity index (χ1v) is 6.75. The molecule has 0 unspecified atom stereocenters. The SMILES string of the molecule is CCC(N)(CC)CNC(=O)c1cc(C(N)=O)cs1. The van der Waals surface area contributed by atoms with Crippen LogP contribution in [0.25, 0.3) is 0 Å². The average Bonchev–Trinajstić information content (AvgIpc) is 2.85. The third kappa shape index (κ3) is 3.54. The van der Waals surface area contributed by atoms with Crippen LogP contribution < -0.4 is 16.8 Å². The van der Waals surface area contributed by atoms with Gasteiger partial charge in [-0.3, -0.25) is 9.59 Å². The van der Waals surface area contributed by atoms with Crippen LogP contribution in [0.1, 0.15) is 46.7 Å². The van der Waals surface area contributed by atoms with Gasteiger partial charge in [-0.15, -0.1) is 11.3 Å². The van der Waals surface area contributed by atoms with Gasteiger partial charge in [-0.25, -0.2) is 0 Å². The summed E-state index contributed by atoms with van der Waals surface area (Å²) in [7, 11) is 0. The standard InChI is InChI=1S/C12H19N3O2S/c1-3-12(14,4-2)7-15-11(17)9-5-8(6-18-9)10(13)16/h5-6H,3-4,7,14H2,1-2H3,(H2,13,16)(H,15,17). The van der Waals surface area contributed by atoms with Crippen LogP contribution in [-0.4, -0.2) is 23.9 Å². The van der Waals surface area contributed by atoms with Gasteiger partial charge in [0.25, 0.3) is 5.91 Å². The van der Waals surface area contributed by atoms with Gasteiger partial charge >= 0.3 is 0 Å². The van der Waals surface area contributed by atoms with Gasteiger partial charge in [0, 0.05) is 17.5 Å². The van der Waals surface area contributed by atoms with Gasteiger partial charge in [-0.05, 0) is 18.9 Å². The quantitative estimate of drug-likeness (QED) is 0.721. The van der Waals surface area contributed by atoms with E-state index in [1.807, 2.05) is 13.8 Å². The maximum atomic E-state index is 11.9. The number of carbonyl (C=O) groups is 2. The van der Waals surface area contributed by atoms with Crippen molar-refractivity contribution in [3.63, 3.8) is 0 Å². The molecule has 1 aromatic heterocycles. The number of hydrogen-bond acceptors (Lipinski definition) is 4. The normalized spacial score (nSPS) is 11.3. The Labute approximate surface area is 111 Å². The van der Waals surface area contributed by atoms with Gasteiger partial charge < -0.3 is 16.8 Å². The molecular weight excluding hydrogens is 250 g/mol. The lowest BCUT2D eigenvalue weighted by atomic mass is 9.94. The minimum absolute atomic E-state index is 0.218. The van der Waals surface area contributed by atoms with Crippen LogP contribution in [0.15, 0.2) is 11.4 Å². The summed E-state index contributed by atoms with van der Waals surface area (Å²) in [6.45, 7) is 4.40. The Morgan fingerprint density at radius 2 is 2.00 bits per heavy atom. The molecule has 0 atom stereocenters. The van der Waals surface area contributed by atoms with E-state index in [1.165, 1.54) is 17.4 Å². The molecule has 18 heavy (non-hydrogen) atoms. The van der Waals surface area contributed by atoms with Crippen molar-refractivity contribution in [2.75, 3.05) is 6.54 Å². The lowest BCUT2D eigenvalue weighted by Crippen LogP contribution is -2.49. The fraction of sp³-hybridized carbons (Fsp3) is 0.500. The Morgan fingerprint density at radius 3 is 2.44 bits per heavy atom. The zero-order valence-electron chi connectivity index (χ0n) is 10.7. The zero-order valence-corrected chi connectivity index (χ0v) is 11.5. The highest BCUT2D eigenvalue weighted by molar-refractivity contribution is 7.12. The van der Waals surface area contributed by atoms with E-state index in [-0.39, 0.29) is 11.4 Å². The van der Waals surface area contributed by atoms with Gasteiger partial charge in [0.2, 0.25) is 5.91 Å². The smallest absolute Gasteiger partial charge is 0.261 e. The number of hydrogen-bond donors (Lipinski definition) is 3. The van der Waals surface area contributed by atoms with E-state index in [0.717, 1.165) is 12.8 Å². The summed E-state index contributed by atoms with van der Waals surface area (Å²) in [6.07, 6.45) is 1.58. The lowest BCUT2D eigenvalue weighted by Gasteiger charge is -2.26. The van der Waals surface area contributed by atoms with Gasteiger partial charge in [0.15, 0.2) is 0 Å². The highest BCUT2D eigenvalue weighted by Gasteiger charge is 2.21. The highest BCUT2D eigenvalue weighted by Crippen LogP contribution is 2.15. The van der Waals surface area contributed by atoms with Crippen molar-refractivity contribution >= 4 is 23.2 Å². The van der Waals surface area contributed by atoms with Crippen LogP contribution in [-0.2, 0) is 0 Å². The van der Waals surface area contributed by atoms with Crippen molar-refractivity contribution in [2.45, 2.75) is 32.2 Å². The molecule has 0 fully saturated rings. The third-order valence-corrected chi connectivity index (χ3v) is 4.05. The van der Waals surface area contributed by atoms with E-state index in [1.54, 1.807) is 5.38 Å². The fourth-order valence-electron chi connectivity index (χ4n) is 1.43. The van der Waals surface area contributed by atoms with Crippen LogP contribution in [0, 0.1) is 0 Å². The van der Waals surface area contributed by atoms with Gasteiger partial charge in [-0.2, -0.15) is 0 Å². The predicted molar refractivity (Wildman–Crippen MR) is 72.7 cm³/mol. The van der Waals surface area contributed by atoms with E-state index in [9.17, 15) is 9.59 Å². The van der Waals surface area contributed by atoms with E-state index in [2.05, 4.69) is 5.32 Å². The Morgan fingerprint density at radius 1 is 1.39 bits per heavy atom. The van der Waals surface area contributed by atoms with Crippen molar-refractivity contribution in [1.82, 2.24) is 5.32 Å². The van der Waals surface area contributed by atoms with Crippen LogP contribution in [0.2, 0.25) is 0 Å². The van der Waals surface area contributed by atoms with E-state index >= 15 is 0 Å². The average molecular weight is 269 g/mol. The second-order valence-corrected chi connectivity index (χ2v) is 5.23. The summed E-state index contributed by atoms with van der Waals surface area (Å²) in [5, 5.41) is 4.36. The lowest BCUT2D eigenvalue weighted by molar-refractivity contribution is 0.0946. The molecule has 0 aliphatic carbocycles. The van der Waals surface area contributed by atoms with E-state index in [4.69, 9.17) is 11.5 Å². The van der Waals surface area contributed by atoms with E-state index in [0.29, 0.717) is 17.0 Å². The van der Waals surface area contributed by atoms with Crippen LogP contribution >= 0.6 is 11.3 Å². The predicted octanol–water partition coefficient (Wildman–Crippen LogP) is 1.09. The van der Waals surface area contributed by atoms with E-state index < -0.39 is 5.91 Å². The molecule has 1 rings (SSSR count). The summed E-state index contributed by atoms with van der Waals surface area (Å²) in [6, 6.07) is 1.50. The zero-order chi connectivity index (χ0) is 13.8. The van der Waals surface area contributed by atoms with Crippen molar-refractivity contribution in [1.29, 1.82) is 0 Å². The van der Waals surface area contributed by atoms with Gasteiger partial charge in [-0.1, -0.05) is 13.8 Å². The van der Waals surface area contributed by atoms with Crippen molar-refractivity contribution in [2.24, 2.45) is 11.5 Å². The number of nitrogens with one attached hydrogen (secondary N) is 1.